The SMILES string of the molecule is O=C1CN(CCc2ccc(CN3CCCC3)cc2)C(=O)N1c1ccc(Cc2ccccc2)cc1. The van der Waals surface area contributed by atoms with E-state index in [4.69, 9.17) is 0 Å². The summed E-state index contributed by atoms with van der Waals surface area (Å²) in [7, 11) is 0. The molecule has 2 aliphatic heterocycles. The molecule has 0 N–H and O–H groups in total. The predicted molar refractivity (Wildman–Crippen MR) is 135 cm³/mol. The lowest BCUT2D eigenvalue weighted by molar-refractivity contribution is -0.116. The van der Waals surface area contributed by atoms with Crippen molar-refractivity contribution in [2.45, 2.75) is 32.2 Å². The second-order valence-corrected chi connectivity index (χ2v) is 9.31. The molecule has 0 spiro atoms. The third kappa shape index (κ3) is 5.20. The van der Waals surface area contributed by atoms with E-state index in [2.05, 4.69) is 41.3 Å². The van der Waals surface area contributed by atoms with Crippen molar-refractivity contribution < 1.29 is 9.59 Å². The van der Waals surface area contributed by atoms with Gasteiger partial charge in [-0.2, -0.15) is 0 Å². The molecule has 0 bridgehead atoms. The van der Waals surface area contributed by atoms with Gasteiger partial charge in [0.05, 0.1) is 5.69 Å². The quantitative estimate of drug-likeness (QED) is 0.457. The Morgan fingerprint density at radius 1 is 0.676 bits per heavy atom. The summed E-state index contributed by atoms with van der Waals surface area (Å²) in [6, 6.07) is 26.4. The number of urea groups is 1. The average molecular weight is 454 g/mol. The first-order valence-electron chi connectivity index (χ1n) is 12.2. The molecular formula is C29H31N3O2. The molecule has 0 aromatic heterocycles. The molecule has 5 rings (SSSR count). The summed E-state index contributed by atoms with van der Waals surface area (Å²) < 4.78 is 0. The minimum absolute atomic E-state index is 0.137. The van der Waals surface area contributed by atoms with Crippen molar-refractivity contribution in [3.63, 3.8) is 0 Å². The molecule has 2 saturated heterocycles. The van der Waals surface area contributed by atoms with E-state index in [0.717, 1.165) is 24.9 Å². The summed E-state index contributed by atoms with van der Waals surface area (Å²) in [6.07, 6.45) is 4.17. The van der Waals surface area contributed by atoms with Gasteiger partial charge in [-0.3, -0.25) is 9.69 Å². The Morgan fingerprint density at radius 2 is 1.29 bits per heavy atom. The largest absolute Gasteiger partial charge is 0.331 e. The molecule has 2 aliphatic rings. The number of nitrogens with zero attached hydrogens (tertiary/aromatic N) is 3. The van der Waals surface area contributed by atoms with Crippen LogP contribution in [0.5, 0.6) is 0 Å². The molecule has 5 nitrogen and oxygen atoms in total. The van der Waals surface area contributed by atoms with E-state index in [1.807, 2.05) is 42.5 Å². The third-order valence-electron chi connectivity index (χ3n) is 6.78. The maximum Gasteiger partial charge on any atom is 0.331 e. The highest BCUT2D eigenvalue weighted by Gasteiger charge is 2.36. The number of hydrogen-bond acceptors (Lipinski definition) is 3. The van der Waals surface area contributed by atoms with E-state index in [0.29, 0.717) is 12.2 Å². The number of carbonyl (C=O) groups excluding carboxylic acids is 2. The zero-order valence-electron chi connectivity index (χ0n) is 19.5. The molecule has 3 amide bonds. The number of benzene rings is 3. The van der Waals surface area contributed by atoms with Crippen LogP contribution in [-0.2, 0) is 24.2 Å². The van der Waals surface area contributed by atoms with Crippen molar-refractivity contribution >= 4 is 17.6 Å². The zero-order valence-corrected chi connectivity index (χ0v) is 19.5. The molecular weight excluding hydrogens is 422 g/mol. The lowest BCUT2D eigenvalue weighted by Crippen LogP contribution is -2.34. The van der Waals surface area contributed by atoms with Gasteiger partial charge in [-0.25, -0.2) is 9.69 Å². The van der Waals surface area contributed by atoms with Crippen LogP contribution in [0.2, 0.25) is 0 Å². The van der Waals surface area contributed by atoms with Crippen molar-refractivity contribution in [1.29, 1.82) is 0 Å². The lowest BCUT2D eigenvalue weighted by atomic mass is 10.0. The Kier molecular flexibility index (Phi) is 6.72. The molecule has 0 radical (unpaired) electrons. The van der Waals surface area contributed by atoms with Gasteiger partial charge in [0.2, 0.25) is 0 Å². The summed E-state index contributed by atoms with van der Waals surface area (Å²) in [5, 5.41) is 0. The van der Waals surface area contributed by atoms with Crippen molar-refractivity contribution in [2.75, 3.05) is 31.1 Å². The molecule has 0 unspecified atom stereocenters. The van der Waals surface area contributed by atoms with Gasteiger partial charge in [-0.1, -0.05) is 66.7 Å². The van der Waals surface area contributed by atoms with Gasteiger partial charge in [0.15, 0.2) is 0 Å². The Balaban J connectivity index is 1.16. The van der Waals surface area contributed by atoms with Crippen LogP contribution in [0.15, 0.2) is 78.9 Å². The molecule has 2 heterocycles. The first-order valence-corrected chi connectivity index (χ1v) is 12.2. The minimum atomic E-state index is -0.230. The molecule has 0 atom stereocenters. The van der Waals surface area contributed by atoms with Gasteiger partial charge in [0.1, 0.15) is 6.54 Å². The molecule has 3 aromatic rings. The van der Waals surface area contributed by atoms with Crippen LogP contribution in [-0.4, -0.2) is 47.9 Å². The fraction of sp³-hybridized carbons (Fsp3) is 0.310. The summed E-state index contributed by atoms with van der Waals surface area (Å²) in [5.74, 6) is -0.165. The summed E-state index contributed by atoms with van der Waals surface area (Å²) in [5.41, 5.74) is 5.55. The smallest absolute Gasteiger partial charge is 0.314 e. The number of anilines is 1. The molecule has 174 valence electrons. The van der Waals surface area contributed by atoms with Gasteiger partial charge in [-0.05, 0) is 73.2 Å². The number of likely N-dealkylation sites (tertiary alicyclic amines) is 1. The highest BCUT2D eigenvalue weighted by molar-refractivity contribution is 6.19. The normalized spacial score (nSPS) is 16.6. The maximum absolute atomic E-state index is 13.0. The fourth-order valence-corrected chi connectivity index (χ4v) is 4.85. The second kappa shape index (κ2) is 10.2. The highest BCUT2D eigenvalue weighted by atomic mass is 16.2. The van der Waals surface area contributed by atoms with Gasteiger partial charge in [-0.15, -0.1) is 0 Å². The van der Waals surface area contributed by atoms with Crippen molar-refractivity contribution in [3.8, 4) is 0 Å². The second-order valence-electron chi connectivity index (χ2n) is 9.31. The van der Waals surface area contributed by atoms with Crippen LogP contribution in [0.25, 0.3) is 0 Å². The number of imide groups is 1. The van der Waals surface area contributed by atoms with Gasteiger partial charge >= 0.3 is 6.03 Å². The number of hydrogen-bond donors (Lipinski definition) is 0. The Bertz CT molecular complexity index is 1120. The van der Waals surface area contributed by atoms with Crippen LogP contribution < -0.4 is 4.90 Å². The molecule has 34 heavy (non-hydrogen) atoms. The molecule has 3 aromatic carbocycles. The molecule has 0 aliphatic carbocycles. The van der Waals surface area contributed by atoms with Gasteiger partial charge in [0, 0.05) is 13.1 Å². The van der Waals surface area contributed by atoms with E-state index in [1.54, 1.807) is 4.90 Å². The Morgan fingerprint density at radius 3 is 2.00 bits per heavy atom. The van der Waals surface area contributed by atoms with Crippen LogP contribution >= 0.6 is 0 Å². The molecule has 5 heteroatoms. The van der Waals surface area contributed by atoms with Crippen LogP contribution in [0, 0.1) is 0 Å². The summed E-state index contributed by atoms with van der Waals surface area (Å²) in [4.78, 5) is 31.1. The van der Waals surface area contributed by atoms with E-state index in [1.165, 1.54) is 47.5 Å². The van der Waals surface area contributed by atoms with Gasteiger partial charge < -0.3 is 4.90 Å². The molecule has 2 fully saturated rings. The minimum Gasteiger partial charge on any atom is -0.314 e. The predicted octanol–water partition coefficient (Wildman–Crippen LogP) is 4.88. The standard InChI is InChI=1S/C29H31N3O2/c33-28-22-31(19-16-23-8-10-26(11-9-23)21-30-17-4-5-18-30)29(34)32(28)27-14-12-25(13-15-27)20-24-6-2-1-3-7-24/h1-3,6-15H,4-5,16-22H2. The summed E-state index contributed by atoms with van der Waals surface area (Å²) >= 11 is 0. The first-order chi connectivity index (χ1) is 16.7. The zero-order chi connectivity index (χ0) is 23.3. The van der Waals surface area contributed by atoms with Crippen LogP contribution in [0.4, 0.5) is 10.5 Å². The van der Waals surface area contributed by atoms with Gasteiger partial charge in [0.25, 0.3) is 5.91 Å². The van der Waals surface area contributed by atoms with E-state index in [9.17, 15) is 9.59 Å². The summed E-state index contributed by atoms with van der Waals surface area (Å²) in [6.45, 7) is 4.08. The highest BCUT2D eigenvalue weighted by Crippen LogP contribution is 2.23. The van der Waals surface area contributed by atoms with Crippen molar-refractivity contribution in [2.24, 2.45) is 0 Å². The van der Waals surface area contributed by atoms with E-state index in [-0.39, 0.29) is 18.5 Å². The first kappa shape index (κ1) is 22.4. The maximum atomic E-state index is 13.0. The van der Waals surface area contributed by atoms with Crippen molar-refractivity contribution in [3.05, 3.63) is 101 Å². The third-order valence-corrected chi connectivity index (χ3v) is 6.78. The number of amides is 3. The van der Waals surface area contributed by atoms with Crippen molar-refractivity contribution in [1.82, 2.24) is 9.80 Å². The number of rotatable bonds is 8. The molecule has 0 saturated carbocycles. The average Bonchev–Trinajstić information content (AvgIpc) is 3.47. The topological polar surface area (TPSA) is 43.9 Å². The van der Waals surface area contributed by atoms with Crippen LogP contribution in [0.1, 0.15) is 35.1 Å². The monoisotopic (exact) mass is 453 g/mol. The lowest BCUT2D eigenvalue weighted by Gasteiger charge is -2.18. The van der Waals surface area contributed by atoms with E-state index < -0.39 is 0 Å². The fourth-order valence-electron chi connectivity index (χ4n) is 4.85. The van der Waals surface area contributed by atoms with Crippen LogP contribution in [0.3, 0.4) is 0 Å². The Hall–Kier alpha value is -3.44. The number of carbonyl (C=O) groups is 2. The van der Waals surface area contributed by atoms with E-state index >= 15 is 0 Å². The Labute approximate surface area is 201 Å².